The van der Waals surface area contributed by atoms with E-state index in [1.165, 1.54) is 18.2 Å². The monoisotopic (exact) mass is 502 g/mol. The van der Waals surface area contributed by atoms with Gasteiger partial charge in [0.15, 0.2) is 5.96 Å². The second-order valence-corrected chi connectivity index (χ2v) is 5.85. The van der Waals surface area contributed by atoms with Gasteiger partial charge in [0.05, 0.1) is 23.6 Å². The summed E-state index contributed by atoms with van der Waals surface area (Å²) in [6.45, 7) is 5.02. The molecule has 28 heavy (non-hydrogen) atoms. The number of nitro benzene ring substituents is 1. The van der Waals surface area contributed by atoms with Crippen LogP contribution in [0.25, 0.3) is 0 Å². The minimum Gasteiger partial charge on any atom is -0.489 e. The zero-order chi connectivity index (χ0) is 19.6. The van der Waals surface area contributed by atoms with Gasteiger partial charge in [-0.3, -0.25) is 10.1 Å². The Morgan fingerprint density at radius 3 is 2.68 bits per heavy atom. The highest BCUT2D eigenvalue weighted by atomic mass is 127. The molecule has 0 bridgehead atoms. The van der Waals surface area contributed by atoms with Gasteiger partial charge >= 0.3 is 0 Å². The van der Waals surface area contributed by atoms with Crippen molar-refractivity contribution in [2.45, 2.75) is 26.5 Å². The van der Waals surface area contributed by atoms with Crippen LogP contribution in [0.1, 0.15) is 19.4 Å². The van der Waals surface area contributed by atoms with Gasteiger partial charge in [-0.2, -0.15) is 0 Å². The summed E-state index contributed by atoms with van der Waals surface area (Å²) in [5.74, 6) is 0.614. The number of hydrogen-bond acceptors (Lipinski definition) is 4. The first-order valence-corrected chi connectivity index (χ1v) is 8.66. The molecule has 0 heterocycles. The molecular weight excluding hydrogens is 478 g/mol. The number of halogens is 2. The summed E-state index contributed by atoms with van der Waals surface area (Å²) in [6.07, 6.45) is -0.235. The molecule has 0 saturated carbocycles. The predicted octanol–water partition coefficient (Wildman–Crippen LogP) is 3.87. The Morgan fingerprint density at radius 1 is 1.25 bits per heavy atom. The molecule has 1 unspecified atom stereocenters. The highest BCUT2D eigenvalue weighted by Crippen LogP contribution is 2.18. The van der Waals surface area contributed by atoms with Gasteiger partial charge in [-0.15, -0.1) is 24.0 Å². The van der Waals surface area contributed by atoms with Gasteiger partial charge in [0.2, 0.25) is 0 Å². The van der Waals surface area contributed by atoms with Crippen LogP contribution in [-0.4, -0.2) is 30.1 Å². The molecule has 0 amide bonds. The molecule has 0 aliphatic carbocycles. The number of guanidine groups is 1. The van der Waals surface area contributed by atoms with Crippen LogP contribution in [0.15, 0.2) is 53.5 Å². The van der Waals surface area contributed by atoms with Crippen molar-refractivity contribution in [1.29, 1.82) is 0 Å². The van der Waals surface area contributed by atoms with Crippen LogP contribution < -0.4 is 15.4 Å². The molecule has 0 aliphatic rings. The summed E-state index contributed by atoms with van der Waals surface area (Å²) in [4.78, 5) is 15.1. The summed E-state index contributed by atoms with van der Waals surface area (Å²) >= 11 is 0. The number of para-hydroxylation sites is 1. The van der Waals surface area contributed by atoms with Gasteiger partial charge < -0.3 is 15.4 Å². The van der Waals surface area contributed by atoms with Crippen molar-refractivity contribution in [3.63, 3.8) is 0 Å². The van der Waals surface area contributed by atoms with E-state index < -0.39 is 4.92 Å². The zero-order valence-corrected chi connectivity index (χ0v) is 18.1. The summed E-state index contributed by atoms with van der Waals surface area (Å²) in [7, 11) is 0. The van der Waals surface area contributed by atoms with E-state index in [0.717, 1.165) is 0 Å². The molecule has 7 nitrogen and oxygen atoms in total. The Bertz CT molecular complexity index is 804. The number of nitro groups is 1. The van der Waals surface area contributed by atoms with E-state index in [4.69, 9.17) is 4.74 Å². The lowest BCUT2D eigenvalue weighted by molar-refractivity contribution is -0.385. The van der Waals surface area contributed by atoms with Crippen LogP contribution in [0.5, 0.6) is 5.75 Å². The number of rotatable bonds is 8. The Labute approximate surface area is 180 Å². The first-order chi connectivity index (χ1) is 13.0. The third-order valence-corrected chi connectivity index (χ3v) is 3.63. The van der Waals surface area contributed by atoms with Gasteiger partial charge in [-0.1, -0.05) is 24.3 Å². The van der Waals surface area contributed by atoms with Crippen molar-refractivity contribution in [2.75, 3.05) is 13.1 Å². The minimum atomic E-state index is -0.417. The molecule has 2 rings (SSSR count). The van der Waals surface area contributed by atoms with Crippen molar-refractivity contribution >= 4 is 35.6 Å². The quantitative estimate of drug-likeness (QED) is 0.188. The average molecular weight is 502 g/mol. The molecule has 2 N–H and O–H groups in total. The summed E-state index contributed by atoms with van der Waals surface area (Å²) in [5.41, 5.74) is 0.573. The van der Waals surface area contributed by atoms with Gasteiger partial charge in [-0.25, -0.2) is 9.38 Å². The van der Waals surface area contributed by atoms with Gasteiger partial charge in [0, 0.05) is 18.7 Å². The Morgan fingerprint density at radius 2 is 2.00 bits per heavy atom. The van der Waals surface area contributed by atoms with Gasteiger partial charge in [0.1, 0.15) is 17.7 Å². The smallest absolute Gasteiger partial charge is 0.274 e. The molecule has 0 aromatic heterocycles. The minimum absolute atomic E-state index is 0. The molecule has 0 radical (unpaired) electrons. The van der Waals surface area contributed by atoms with Crippen LogP contribution in [0, 0.1) is 15.9 Å². The standard InChI is InChI=1S/C19H23FN4O3.HI/c1-3-21-19(23-13-15-7-4-5-10-18(15)24(25)26)22-12-14(2)27-17-9-6-8-16(20)11-17;/h4-11,14H,3,12-13H2,1-2H3,(H2,21,22,23);1H. The maximum atomic E-state index is 13.2. The summed E-state index contributed by atoms with van der Waals surface area (Å²) in [6, 6.07) is 12.5. The highest BCUT2D eigenvalue weighted by Gasteiger charge is 2.12. The van der Waals surface area contributed by atoms with Crippen LogP contribution in [0.3, 0.4) is 0 Å². The molecule has 2 aromatic carbocycles. The van der Waals surface area contributed by atoms with Crippen LogP contribution in [-0.2, 0) is 6.54 Å². The third-order valence-electron chi connectivity index (χ3n) is 3.63. The molecule has 0 aliphatic heterocycles. The molecule has 1 atom stereocenters. The van der Waals surface area contributed by atoms with Crippen LogP contribution in [0.4, 0.5) is 10.1 Å². The third kappa shape index (κ3) is 7.67. The lowest BCUT2D eigenvalue weighted by Crippen LogP contribution is -2.41. The number of nitrogens with one attached hydrogen (secondary N) is 2. The van der Waals surface area contributed by atoms with Gasteiger partial charge in [-0.05, 0) is 26.0 Å². The molecule has 152 valence electrons. The zero-order valence-electron chi connectivity index (χ0n) is 15.7. The maximum Gasteiger partial charge on any atom is 0.274 e. The largest absolute Gasteiger partial charge is 0.489 e. The molecule has 0 saturated heterocycles. The van der Waals surface area contributed by atoms with E-state index in [-0.39, 0.29) is 48.1 Å². The fraction of sp³-hybridized carbons (Fsp3) is 0.316. The fourth-order valence-electron chi connectivity index (χ4n) is 2.38. The summed E-state index contributed by atoms with van der Waals surface area (Å²) in [5, 5.41) is 17.3. The number of aliphatic imine (C=N–C) groups is 1. The van der Waals surface area contributed by atoms with E-state index in [0.29, 0.717) is 30.4 Å². The van der Waals surface area contributed by atoms with Crippen molar-refractivity contribution in [1.82, 2.24) is 10.6 Å². The number of hydrogen-bond donors (Lipinski definition) is 2. The second-order valence-electron chi connectivity index (χ2n) is 5.85. The number of ether oxygens (including phenoxy) is 1. The van der Waals surface area contributed by atoms with E-state index in [2.05, 4.69) is 15.6 Å². The Kier molecular flexibility index (Phi) is 10.2. The molecular formula is C19H24FIN4O3. The SMILES string of the molecule is CCNC(=NCc1ccccc1[N+](=O)[O-])NCC(C)Oc1cccc(F)c1.I. The van der Waals surface area contributed by atoms with Crippen molar-refractivity contribution in [3.05, 3.63) is 70.0 Å². The Hall–Kier alpha value is -2.43. The normalized spacial score (nSPS) is 11.9. The number of benzene rings is 2. The van der Waals surface area contributed by atoms with Crippen molar-refractivity contribution < 1.29 is 14.1 Å². The lowest BCUT2D eigenvalue weighted by atomic mass is 10.2. The van der Waals surface area contributed by atoms with E-state index in [1.54, 1.807) is 30.3 Å². The van der Waals surface area contributed by atoms with E-state index in [1.807, 2.05) is 13.8 Å². The highest BCUT2D eigenvalue weighted by molar-refractivity contribution is 14.0. The topological polar surface area (TPSA) is 88.8 Å². The molecule has 2 aromatic rings. The Balaban J connectivity index is 0.00000392. The lowest BCUT2D eigenvalue weighted by Gasteiger charge is -2.17. The van der Waals surface area contributed by atoms with Crippen LogP contribution >= 0.6 is 24.0 Å². The second kappa shape index (κ2) is 12.1. The number of nitrogens with zero attached hydrogens (tertiary/aromatic N) is 2. The first-order valence-electron chi connectivity index (χ1n) is 8.66. The maximum absolute atomic E-state index is 13.2. The molecule has 0 fully saturated rings. The van der Waals surface area contributed by atoms with E-state index >= 15 is 0 Å². The fourth-order valence-corrected chi connectivity index (χ4v) is 2.38. The van der Waals surface area contributed by atoms with Crippen LogP contribution in [0.2, 0.25) is 0 Å². The predicted molar refractivity (Wildman–Crippen MR) is 118 cm³/mol. The van der Waals surface area contributed by atoms with Crippen molar-refractivity contribution in [3.8, 4) is 5.75 Å². The summed E-state index contributed by atoms with van der Waals surface area (Å²) < 4.78 is 18.9. The molecule has 0 spiro atoms. The van der Waals surface area contributed by atoms with E-state index in [9.17, 15) is 14.5 Å². The average Bonchev–Trinajstić information content (AvgIpc) is 2.64. The van der Waals surface area contributed by atoms with Crippen molar-refractivity contribution in [2.24, 2.45) is 4.99 Å². The first kappa shape index (κ1) is 23.6. The molecule has 9 heteroatoms. The van der Waals surface area contributed by atoms with Gasteiger partial charge in [0.25, 0.3) is 5.69 Å².